The molecule has 3 rings (SSSR count). The van der Waals surface area contributed by atoms with Gasteiger partial charge in [-0.2, -0.15) is 0 Å². The van der Waals surface area contributed by atoms with E-state index in [4.69, 9.17) is 4.74 Å². The Labute approximate surface area is 146 Å². The normalized spacial score (nSPS) is 20.1. The van der Waals surface area contributed by atoms with Crippen molar-refractivity contribution in [2.75, 3.05) is 18.5 Å². The van der Waals surface area contributed by atoms with Crippen molar-refractivity contribution < 1.29 is 14.3 Å². The molecule has 132 valence electrons. The maximum atomic E-state index is 12.6. The SMILES string of the molecule is CC(C)COC(=O)N1CCC[C@H]1C(=O)Nc1nc2c(s1)CCCC2. The van der Waals surface area contributed by atoms with Crippen molar-refractivity contribution in [2.45, 2.75) is 58.4 Å². The Morgan fingerprint density at radius 1 is 1.33 bits per heavy atom. The number of likely N-dealkylation sites (tertiary alicyclic amines) is 1. The molecule has 0 radical (unpaired) electrons. The third kappa shape index (κ3) is 3.88. The fraction of sp³-hybridized carbons (Fsp3) is 0.706. The summed E-state index contributed by atoms with van der Waals surface area (Å²) in [5.41, 5.74) is 1.13. The van der Waals surface area contributed by atoms with Crippen LogP contribution in [-0.2, 0) is 22.4 Å². The monoisotopic (exact) mass is 351 g/mol. The molecule has 24 heavy (non-hydrogen) atoms. The molecule has 1 aliphatic heterocycles. The molecule has 1 atom stereocenters. The van der Waals surface area contributed by atoms with E-state index in [2.05, 4.69) is 10.3 Å². The van der Waals surface area contributed by atoms with E-state index in [0.717, 1.165) is 25.0 Å². The Morgan fingerprint density at radius 3 is 2.88 bits per heavy atom. The molecule has 1 N–H and O–H groups in total. The molecular formula is C17H25N3O3S. The fourth-order valence-electron chi connectivity index (χ4n) is 3.17. The van der Waals surface area contributed by atoms with E-state index >= 15 is 0 Å². The summed E-state index contributed by atoms with van der Waals surface area (Å²) in [7, 11) is 0. The van der Waals surface area contributed by atoms with Gasteiger partial charge in [0.25, 0.3) is 0 Å². The zero-order valence-corrected chi connectivity index (χ0v) is 15.2. The summed E-state index contributed by atoms with van der Waals surface area (Å²) < 4.78 is 5.28. The zero-order valence-electron chi connectivity index (χ0n) is 14.3. The first-order valence-corrected chi connectivity index (χ1v) is 9.59. The first-order valence-electron chi connectivity index (χ1n) is 8.77. The Kier molecular flexibility index (Phi) is 5.38. The van der Waals surface area contributed by atoms with Crippen LogP contribution >= 0.6 is 11.3 Å². The summed E-state index contributed by atoms with van der Waals surface area (Å²) in [4.78, 5) is 32.2. The van der Waals surface area contributed by atoms with Gasteiger partial charge >= 0.3 is 6.09 Å². The second-order valence-electron chi connectivity index (χ2n) is 6.91. The summed E-state index contributed by atoms with van der Waals surface area (Å²) in [5, 5.41) is 3.57. The number of nitrogens with one attached hydrogen (secondary N) is 1. The van der Waals surface area contributed by atoms with Gasteiger partial charge in [-0.1, -0.05) is 13.8 Å². The van der Waals surface area contributed by atoms with E-state index in [1.807, 2.05) is 13.8 Å². The van der Waals surface area contributed by atoms with Gasteiger partial charge in [-0.05, 0) is 44.4 Å². The number of rotatable bonds is 4. The molecule has 0 saturated carbocycles. The molecule has 6 nitrogen and oxygen atoms in total. The molecule has 1 aromatic heterocycles. The highest BCUT2D eigenvalue weighted by molar-refractivity contribution is 7.15. The minimum absolute atomic E-state index is 0.153. The van der Waals surface area contributed by atoms with Crippen LogP contribution < -0.4 is 5.32 Å². The van der Waals surface area contributed by atoms with E-state index in [0.29, 0.717) is 24.7 Å². The maximum absolute atomic E-state index is 12.6. The number of anilines is 1. The van der Waals surface area contributed by atoms with Gasteiger partial charge in [0.05, 0.1) is 12.3 Å². The van der Waals surface area contributed by atoms with Gasteiger partial charge in [-0.15, -0.1) is 11.3 Å². The highest BCUT2D eigenvalue weighted by Crippen LogP contribution is 2.30. The lowest BCUT2D eigenvalue weighted by atomic mass is 10.0. The minimum Gasteiger partial charge on any atom is -0.449 e. The van der Waals surface area contributed by atoms with Crippen molar-refractivity contribution >= 4 is 28.5 Å². The van der Waals surface area contributed by atoms with E-state index in [-0.39, 0.29) is 17.9 Å². The third-order valence-electron chi connectivity index (χ3n) is 4.41. The van der Waals surface area contributed by atoms with Gasteiger partial charge in [-0.3, -0.25) is 9.69 Å². The number of hydrogen-bond acceptors (Lipinski definition) is 5. The molecular weight excluding hydrogens is 326 g/mol. The second-order valence-corrected chi connectivity index (χ2v) is 7.99. The zero-order chi connectivity index (χ0) is 17.1. The Morgan fingerprint density at radius 2 is 2.12 bits per heavy atom. The molecule has 7 heteroatoms. The predicted octanol–water partition coefficient (Wildman–Crippen LogP) is 3.22. The molecule has 0 unspecified atom stereocenters. The molecule has 2 aliphatic rings. The quantitative estimate of drug-likeness (QED) is 0.904. The van der Waals surface area contributed by atoms with Gasteiger partial charge < -0.3 is 10.1 Å². The number of thiazole rings is 1. The molecule has 1 aliphatic carbocycles. The van der Waals surface area contributed by atoms with E-state index < -0.39 is 6.04 Å². The lowest BCUT2D eigenvalue weighted by molar-refractivity contribution is -0.120. The number of aryl methyl sites for hydroxylation is 2. The van der Waals surface area contributed by atoms with Crippen molar-refractivity contribution in [1.29, 1.82) is 0 Å². The highest BCUT2D eigenvalue weighted by atomic mass is 32.1. The van der Waals surface area contributed by atoms with Gasteiger partial charge in [0.15, 0.2) is 5.13 Å². The lowest BCUT2D eigenvalue weighted by Crippen LogP contribution is -2.43. The summed E-state index contributed by atoms with van der Waals surface area (Å²) >= 11 is 1.57. The smallest absolute Gasteiger partial charge is 0.410 e. The average molecular weight is 351 g/mol. The molecule has 0 spiro atoms. The van der Waals surface area contributed by atoms with Crippen molar-refractivity contribution in [3.63, 3.8) is 0 Å². The number of carbonyl (C=O) groups excluding carboxylic acids is 2. The number of nitrogens with zero attached hydrogens (tertiary/aromatic N) is 2. The standard InChI is InChI=1S/C17H25N3O3S/c1-11(2)10-23-17(22)20-9-5-7-13(20)15(21)19-16-18-12-6-3-4-8-14(12)24-16/h11,13H,3-10H2,1-2H3,(H,18,19,21)/t13-/m0/s1. The largest absolute Gasteiger partial charge is 0.449 e. The number of carbonyl (C=O) groups is 2. The molecule has 0 aromatic carbocycles. The van der Waals surface area contributed by atoms with Crippen LogP contribution in [0.1, 0.15) is 50.1 Å². The third-order valence-corrected chi connectivity index (χ3v) is 5.48. The number of hydrogen-bond donors (Lipinski definition) is 1. The van der Waals surface area contributed by atoms with Gasteiger partial charge in [0, 0.05) is 11.4 Å². The van der Waals surface area contributed by atoms with Crippen molar-refractivity contribution in [2.24, 2.45) is 5.92 Å². The van der Waals surface area contributed by atoms with Crippen molar-refractivity contribution in [1.82, 2.24) is 9.88 Å². The van der Waals surface area contributed by atoms with Crippen LogP contribution in [0.25, 0.3) is 0 Å². The number of amides is 2. The van der Waals surface area contributed by atoms with E-state index in [9.17, 15) is 9.59 Å². The molecule has 2 heterocycles. The summed E-state index contributed by atoms with van der Waals surface area (Å²) in [6, 6.07) is -0.453. The van der Waals surface area contributed by atoms with Crippen LogP contribution in [0.3, 0.4) is 0 Å². The van der Waals surface area contributed by atoms with Gasteiger partial charge in [-0.25, -0.2) is 9.78 Å². The summed E-state index contributed by atoms with van der Waals surface area (Å²) in [5.74, 6) is 0.130. The second kappa shape index (κ2) is 7.51. The van der Waals surface area contributed by atoms with Crippen molar-refractivity contribution in [3.8, 4) is 0 Å². The lowest BCUT2D eigenvalue weighted by Gasteiger charge is -2.23. The van der Waals surface area contributed by atoms with Crippen LogP contribution in [0.2, 0.25) is 0 Å². The first-order chi connectivity index (χ1) is 11.5. The number of fused-ring (bicyclic) bond motifs is 1. The first kappa shape index (κ1) is 17.2. The highest BCUT2D eigenvalue weighted by Gasteiger charge is 2.35. The Hall–Kier alpha value is -1.63. The fourth-order valence-corrected chi connectivity index (χ4v) is 4.23. The average Bonchev–Trinajstić information content (AvgIpc) is 3.18. The topological polar surface area (TPSA) is 71.5 Å². The number of aromatic nitrogens is 1. The van der Waals surface area contributed by atoms with Gasteiger partial charge in [0.2, 0.25) is 5.91 Å². The van der Waals surface area contributed by atoms with Crippen molar-refractivity contribution in [3.05, 3.63) is 10.6 Å². The van der Waals surface area contributed by atoms with Crippen LogP contribution in [0, 0.1) is 5.92 Å². The maximum Gasteiger partial charge on any atom is 0.410 e. The van der Waals surface area contributed by atoms with Crippen LogP contribution in [0.4, 0.5) is 9.93 Å². The Bertz CT molecular complexity index is 591. The molecule has 0 bridgehead atoms. The van der Waals surface area contributed by atoms with Crippen LogP contribution in [-0.4, -0.2) is 41.1 Å². The minimum atomic E-state index is -0.453. The molecule has 1 aromatic rings. The summed E-state index contributed by atoms with van der Waals surface area (Å²) in [6.07, 6.45) is 5.53. The van der Waals surface area contributed by atoms with E-state index in [1.165, 1.54) is 17.7 Å². The molecule has 2 amide bonds. The van der Waals surface area contributed by atoms with Gasteiger partial charge in [0.1, 0.15) is 6.04 Å². The number of ether oxygens (including phenoxy) is 1. The molecule has 1 saturated heterocycles. The summed E-state index contributed by atoms with van der Waals surface area (Å²) in [6.45, 7) is 4.93. The molecule has 1 fully saturated rings. The predicted molar refractivity (Wildman–Crippen MR) is 93.3 cm³/mol. The van der Waals surface area contributed by atoms with Crippen LogP contribution in [0.15, 0.2) is 0 Å². The van der Waals surface area contributed by atoms with Crippen LogP contribution in [0.5, 0.6) is 0 Å². The van der Waals surface area contributed by atoms with E-state index in [1.54, 1.807) is 16.2 Å². The Balaban J connectivity index is 1.61.